The molecule has 5 rings (SSSR count). The Morgan fingerprint density at radius 2 is 1.90 bits per heavy atom. The largest absolute Gasteiger partial charge is 0.464 e. The highest BCUT2D eigenvalue weighted by atomic mass is 79.9. The maximum absolute atomic E-state index is 11.3. The highest BCUT2D eigenvalue weighted by Crippen LogP contribution is 2.48. The van der Waals surface area contributed by atoms with Crippen molar-refractivity contribution < 1.29 is 9.66 Å². The minimum Gasteiger partial charge on any atom is -0.464 e. The van der Waals surface area contributed by atoms with Gasteiger partial charge in [-0.1, -0.05) is 58.4 Å². The molecule has 0 unspecified atom stereocenters. The van der Waals surface area contributed by atoms with Gasteiger partial charge in [-0.05, 0) is 23.8 Å². The van der Waals surface area contributed by atoms with E-state index in [1.807, 2.05) is 59.6 Å². The fourth-order valence-corrected chi connectivity index (χ4v) is 4.29. The van der Waals surface area contributed by atoms with Gasteiger partial charge in [0.2, 0.25) is 6.23 Å². The minimum atomic E-state index is -0.410. The monoisotopic (exact) mass is 449 g/mol. The molecule has 6 nitrogen and oxygen atoms in total. The first-order valence-electron chi connectivity index (χ1n) is 9.22. The molecule has 0 saturated carbocycles. The average molecular weight is 450 g/mol. The van der Waals surface area contributed by atoms with Gasteiger partial charge in [-0.2, -0.15) is 5.10 Å². The Balaban J connectivity index is 1.62. The van der Waals surface area contributed by atoms with E-state index < -0.39 is 6.23 Å². The number of fused-ring (bicyclic) bond motifs is 3. The Labute approximate surface area is 175 Å². The predicted molar refractivity (Wildman–Crippen MR) is 113 cm³/mol. The van der Waals surface area contributed by atoms with Gasteiger partial charge in [-0.25, -0.2) is 5.01 Å². The number of halogens is 1. The SMILES string of the molecule is O=[N+]([O-])c1ccc2c(c1)[C@H]1CC(c3ccccc3)=NN1[C@H](c1cccc(Br)c1)O2. The van der Waals surface area contributed by atoms with Gasteiger partial charge in [0.05, 0.1) is 16.7 Å². The van der Waals surface area contributed by atoms with Gasteiger partial charge >= 0.3 is 0 Å². The van der Waals surface area contributed by atoms with Crippen LogP contribution in [0.15, 0.2) is 82.4 Å². The molecule has 0 spiro atoms. The van der Waals surface area contributed by atoms with E-state index in [4.69, 9.17) is 9.84 Å². The Morgan fingerprint density at radius 3 is 2.66 bits per heavy atom. The van der Waals surface area contributed by atoms with Crippen molar-refractivity contribution >= 4 is 27.3 Å². The van der Waals surface area contributed by atoms with Crippen LogP contribution in [0.4, 0.5) is 5.69 Å². The molecule has 7 heteroatoms. The summed E-state index contributed by atoms with van der Waals surface area (Å²) in [6.07, 6.45) is 0.249. The minimum absolute atomic E-state index is 0.0568. The van der Waals surface area contributed by atoms with Crippen LogP contribution in [0.2, 0.25) is 0 Å². The first-order chi connectivity index (χ1) is 14.1. The second-order valence-corrected chi connectivity index (χ2v) is 7.93. The molecule has 0 saturated heterocycles. The molecule has 144 valence electrons. The van der Waals surface area contributed by atoms with Crippen molar-refractivity contribution in [3.8, 4) is 5.75 Å². The van der Waals surface area contributed by atoms with E-state index in [1.54, 1.807) is 12.1 Å². The van der Waals surface area contributed by atoms with Crippen LogP contribution in [0.1, 0.15) is 35.4 Å². The van der Waals surface area contributed by atoms with Crippen LogP contribution < -0.4 is 4.74 Å². The number of non-ortho nitro benzene ring substituents is 1. The summed E-state index contributed by atoms with van der Waals surface area (Å²) in [5, 5.41) is 18.1. The highest BCUT2D eigenvalue weighted by molar-refractivity contribution is 9.10. The number of nitro groups is 1. The molecular formula is C22H16BrN3O3. The molecule has 0 radical (unpaired) electrons. The van der Waals surface area contributed by atoms with Crippen LogP contribution in [0.3, 0.4) is 0 Å². The summed E-state index contributed by atoms with van der Waals surface area (Å²) in [5.41, 5.74) is 3.80. The van der Waals surface area contributed by atoms with Crippen LogP contribution in [0.5, 0.6) is 5.75 Å². The lowest BCUT2D eigenvalue weighted by molar-refractivity contribution is -0.385. The summed E-state index contributed by atoms with van der Waals surface area (Å²) in [7, 11) is 0. The lowest BCUT2D eigenvalue weighted by Crippen LogP contribution is -2.33. The van der Waals surface area contributed by atoms with Gasteiger partial charge in [0.15, 0.2) is 0 Å². The van der Waals surface area contributed by atoms with Gasteiger partial charge in [0, 0.05) is 34.2 Å². The van der Waals surface area contributed by atoms with E-state index >= 15 is 0 Å². The second-order valence-electron chi connectivity index (χ2n) is 7.02. The van der Waals surface area contributed by atoms with Crippen LogP contribution >= 0.6 is 15.9 Å². The number of rotatable bonds is 3. The zero-order valence-corrected chi connectivity index (χ0v) is 16.8. The van der Waals surface area contributed by atoms with Crippen LogP contribution in [0.25, 0.3) is 0 Å². The van der Waals surface area contributed by atoms with Crippen molar-refractivity contribution in [1.82, 2.24) is 5.01 Å². The molecule has 0 aliphatic carbocycles. The lowest BCUT2D eigenvalue weighted by Gasteiger charge is -2.38. The normalized spacial score (nSPS) is 19.8. The van der Waals surface area contributed by atoms with Crippen molar-refractivity contribution in [3.05, 3.63) is 104 Å². The zero-order chi connectivity index (χ0) is 20.0. The fraction of sp³-hybridized carbons (Fsp3) is 0.136. The van der Waals surface area contributed by atoms with E-state index in [0.29, 0.717) is 12.2 Å². The maximum atomic E-state index is 11.3. The topological polar surface area (TPSA) is 68.0 Å². The molecule has 2 atom stereocenters. The van der Waals surface area contributed by atoms with E-state index in [0.717, 1.165) is 26.9 Å². The molecule has 29 heavy (non-hydrogen) atoms. The van der Waals surface area contributed by atoms with Gasteiger partial charge in [0.25, 0.3) is 5.69 Å². The summed E-state index contributed by atoms with van der Waals surface area (Å²) in [6.45, 7) is 0. The predicted octanol–water partition coefficient (Wildman–Crippen LogP) is 5.60. The van der Waals surface area contributed by atoms with E-state index in [1.165, 1.54) is 6.07 Å². The standard InChI is InChI=1S/C22H16BrN3O3/c23-16-8-4-7-15(11-16)22-25-20(13-19(24-25)14-5-2-1-3-6-14)18-12-17(26(27)28)9-10-21(18)29-22/h1-12,20,22H,13H2/t20-,22+/m1/s1. The van der Waals surface area contributed by atoms with Crippen LogP contribution in [-0.2, 0) is 0 Å². The van der Waals surface area contributed by atoms with Crippen molar-refractivity contribution in [2.75, 3.05) is 0 Å². The van der Waals surface area contributed by atoms with Gasteiger partial charge in [-0.15, -0.1) is 0 Å². The van der Waals surface area contributed by atoms with Crippen molar-refractivity contribution in [3.63, 3.8) is 0 Å². The molecule has 0 N–H and O–H groups in total. The number of hydrogen-bond acceptors (Lipinski definition) is 5. The summed E-state index contributed by atoms with van der Waals surface area (Å²) in [5.74, 6) is 0.659. The Hall–Kier alpha value is -3.19. The number of ether oxygens (including phenoxy) is 1. The van der Waals surface area contributed by atoms with Gasteiger partial charge < -0.3 is 4.74 Å². The Bertz CT molecular complexity index is 1130. The van der Waals surface area contributed by atoms with E-state index in [2.05, 4.69) is 15.9 Å². The third-order valence-corrected chi connectivity index (χ3v) is 5.72. The molecule has 2 aliphatic rings. The molecule has 3 aromatic carbocycles. The molecule has 3 aromatic rings. The fourth-order valence-electron chi connectivity index (χ4n) is 3.87. The van der Waals surface area contributed by atoms with Gasteiger partial charge in [0.1, 0.15) is 5.75 Å². The quantitative estimate of drug-likeness (QED) is 0.385. The third kappa shape index (κ3) is 3.17. The van der Waals surface area contributed by atoms with Crippen LogP contribution in [0, 0.1) is 10.1 Å². The summed E-state index contributed by atoms with van der Waals surface area (Å²) in [4.78, 5) is 10.9. The number of nitrogens with zero attached hydrogens (tertiary/aromatic N) is 3. The van der Waals surface area contributed by atoms with Crippen molar-refractivity contribution in [2.24, 2.45) is 5.10 Å². The molecular weight excluding hydrogens is 434 g/mol. The third-order valence-electron chi connectivity index (χ3n) is 5.23. The molecule has 2 aliphatic heterocycles. The smallest absolute Gasteiger partial charge is 0.270 e. The molecule has 0 amide bonds. The van der Waals surface area contributed by atoms with Crippen molar-refractivity contribution in [1.29, 1.82) is 0 Å². The summed E-state index contributed by atoms with van der Waals surface area (Å²) >= 11 is 3.52. The number of nitro benzene ring substituents is 1. The summed E-state index contributed by atoms with van der Waals surface area (Å²) in [6, 6.07) is 22.6. The van der Waals surface area contributed by atoms with Crippen molar-refractivity contribution in [2.45, 2.75) is 18.7 Å². The number of hydrazone groups is 1. The molecule has 0 bridgehead atoms. The summed E-state index contributed by atoms with van der Waals surface area (Å²) < 4.78 is 7.24. The first-order valence-corrected chi connectivity index (χ1v) is 10.0. The average Bonchev–Trinajstić information content (AvgIpc) is 3.19. The molecule has 2 heterocycles. The number of benzene rings is 3. The Kier molecular flexibility index (Phi) is 4.32. The zero-order valence-electron chi connectivity index (χ0n) is 15.2. The Morgan fingerprint density at radius 1 is 1.07 bits per heavy atom. The maximum Gasteiger partial charge on any atom is 0.270 e. The second kappa shape index (κ2) is 7.00. The van der Waals surface area contributed by atoms with Crippen LogP contribution in [-0.4, -0.2) is 15.6 Å². The first kappa shape index (κ1) is 17.9. The highest BCUT2D eigenvalue weighted by Gasteiger charge is 2.41. The molecule has 0 aromatic heterocycles. The lowest BCUT2D eigenvalue weighted by atomic mass is 9.95. The van der Waals surface area contributed by atoms with Gasteiger partial charge in [-0.3, -0.25) is 10.1 Å². The number of hydrogen-bond donors (Lipinski definition) is 0. The molecule has 0 fully saturated rings. The van der Waals surface area contributed by atoms with E-state index in [-0.39, 0.29) is 16.7 Å². The van der Waals surface area contributed by atoms with E-state index in [9.17, 15) is 10.1 Å².